The highest BCUT2D eigenvalue weighted by Gasteiger charge is 2.26. The molecular weight excluding hydrogens is 450 g/mol. The maximum atomic E-state index is 13.3. The molecule has 7 nitrogen and oxygen atoms in total. The summed E-state index contributed by atoms with van der Waals surface area (Å²) in [5.74, 6) is -0.322. The molecule has 1 fully saturated rings. The number of halogens is 1. The molecule has 0 bridgehead atoms. The van der Waals surface area contributed by atoms with Gasteiger partial charge in [-0.3, -0.25) is 4.79 Å². The number of amides is 1. The highest BCUT2D eigenvalue weighted by atomic mass is 35.5. The maximum absolute atomic E-state index is 13.3. The summed E-state index contributed by atoms with van der Waals surface area (Å²) < 4.78 is 31.9. The number of morpholine rings is 1. The Morgan fingerprint density at radius 2 is 1.84 bits per heavy atom. The summed E-state index contributed by atoms with van der Waals surface area (Å²) in [6.45, 7) is 6.78. The number of rotatable bonds is 7. The van der Waals surface area contributed by atoms with E-state index in [0.29, 0.717) is 49.1 Å². The van der Waals surface area contributed by atoms with Gasteiger partial charge < -0.3 is 15.0 Å². The molecular formula is C23H30ClN3O4S. The van der Waals surface area contributed by atoms with E-state index in [4.69, 9.17) is 16.3 Å². The van der Waals surface area contributed by atoms with Gasteiger partial charge in [0.05, 0.1) is 23.7 Å². The largest absolute Gasteiger partial charge is 0.378 e. The standard InChI is InChI=1S/C23H30ClN3O4S/c1-23(2,17-6-5-7-18(24)14-17)16-25-22(28)20-15-19(32(29,30)26(3)4)8-9-21(20)27-10-12-31-13-11-27/h5-9,14-15H,10-13,16H2,1-4H3,(H,25,28). The van der Waals surface area contributed by atoms with Gasteiger partial charge in [-0.1, -0.05) is 37.6 Å². The van der Waals surface area contributed by atoms with Crippen LogP contribution in [0.15, 0.2) is 47.4 Å². The molecule has 2 aromatic carbocycles. The van der Waals surface area contributed by atoms with Gasteiger partial charge in [0.1, 0.15) is 0 Å². The molecule has 3 rings (SSSR count). The Bertz CT molecular complexity index is 1080. The van der Waals surface area contributed by atoms with Gasteiger partial charge in [0.2, 0.25) is 10.0 Å². The fourth-order valence-corrected chi connectivity index (χ4v) is 4.68. The van der Waals surface area contributed by atoms with Gasteiger partial charge in [0.25, 0.3) is 5.91 Å². The molecule has 0 radical (unpaired) electrons. The van der Waals surface area contributed by atoms with E-state index in [-0.39, 0.29) is 16.2 Å². The molecule has 0 atom stereocenters. The maximum Gasteiger partial charge on any atom is 0.253 e. The van der Waals surface area contributed by atoms with Gasteiger partial charge in [-0.2, -0.15) is 0 Å². The third-order valence-electron chi connectivity index (χ3n) is 5.64. The Morgan fingerprint density at radius 1 is 1.16 bits per heavy atom. The number of nitrogens with one attached hydrogen (secondary N) is 1. The molecule has 0 aromatic heterocycles. The lowest BCUT2D eigenvalue weighted by atomic mass is 9.84. The SMILES string of the molecule is CN(C)S(=O)(=O)c1ccc(N2CCOCC2)c(C(=O)NCC(C)(C)c2cccc(Cl)c2)c1. The van der Waals surface area contributed by atoms with Crippen LogP contribution in [0.1, 0.15) is 29.8 Å². The number of nitrogens with zero attached hydrogens (tertiary/aromatic N) is 2. The number of anilines is 1. The topological polar surface area (TPSA) is 79.0 Å². The zero-order valence-electron chi connectivity index (χ0n) is 18.9. The smallest absolute Gasteiger partial charge is 0.253 e. The number of hydrogen-bond donors (Lipinski definition) is 1. The number of hydrogen-bond acceptors (Lipinski definition) is 5. The first-order valence-corrected chi connectivity index (χ1v) is 12.3. The Kier molecular flexibility index (Phi) is 7.50. The molecule has 2 aromatic rings. The van der Waals surface area contributed by atoms with E-state index in [9.17, 15) is 13.2 Å². The van der Waals surface area contributed by atoms with Gasteiger partial charge in [-0.05, 0) is 35.9 Å². The molecule has 0 unspecified atom stereocenters. The van der Waals surface area contributed by atoms with Gasteiger partial charge in [-0.25, -0.2) is 12.7 Å². The molecule has 174 valence electrons. The Balaban J connectivity index is 1.91. The fourth-order valence-electron chi connectivity index (χ4n) is 3.56. The third kappa shape index (κ3) is 5.43. The summed E-state index contributed by atoms with van der Waals surface area (Å²) in [6.07, 6.45) is 0. The Hall–Kier alpha value is -2.13. The van der Waals surface area contributed by atoms with Gasteiger partial charge >= 0.3 is 0 Å². The molecule has 0 spiro atoms. The van der Waals surface area contributed by atoms with Crippen molar-refractivity contribution in [1.29, 1.82) is 0 Å². The van der Waals surface area contributed by atoms with E-state index in [1.54, 1.807) is 12.1 Å². The lowest BCUT2D eigenvalue weighted by molar-refractivity contribution is 0.0944. The average Bonchev–Trinajstić information content (AvgIpc) is 2.77. The average molecular weight is 480 g/mol. The molecule has 1 aliphatic rings. The summed E-state index contributed by atoms with van der Waals surface area (Å²) in [7, 11) is -0.735. The Labute approximate surface area is 195 Å². The first-order valence-electron chi connectivity index (χ1n) is 10.5. The van der Waals surface area contributed by atoms with Gasteiger partial charge in [0, 0.05) is 49.9 Å². The minimum atomic E-state index is -3.68. The molecule has 9 heteroatoms. The normalized spacial score (nSPS) is 15.1. The van der Waals surface area contributed by atoms with Crippen LogP contribution in [-0.4, -0.2) is 65.6 Å². The van der Waals surface area contributed by atoms with Crippen LogP contribution in [0, 0.1) is 0 Å². The highest BCUT2D eigenvalue weighted by Crippen LogP contribution is 2.28. The Morgan fingerprint density at radius 3 is 2.47 bits per heavy atom. The number of carbonyl (C=O) groups is 1. The quantitative estimate of drug-likeness (QED) is 0.660. The zero-order chi connectivity index (χ0) is 23.5. The van der Waals surface area contributed by atoms with Crippen molar-refractivity contribution in [3.05, 3.63) is 58.6 Å². The second-order valence-corrected chi connectivity index (χ2v) is 11.2. The van der Waals surface area contributed by atoms with Crippen LogP contribution in [0.2, 0.25) is 5.02 Å². The van der Waals surface area contributed by atoms with Gasteiger partial charge in [0.15, 0.2) is 0 Å². The fraction of sp³-hybridized carbons (Fsp3) is 0.435. The summed E-state index contributed by atoms with van der Waals surface area (Å²) in [6, 6.07) is 12.3. The van der Waals surface area contributed by atoms with Crippen molar-refractivity contribution in [2.75, 3.05) is 51.8 Å². The minimum Gasteiger partial charge on any atom is -0.378 e. The number of sulfonamides is 1. The molecule has 1 aliphatic heterocycles. The molecule has 1 saturated heterocycles. The van der Waals surface area contributed by atoms with E-state index >= 15 is 0 Å². The van der Waals surface area contributed by atoms with E-state index in [0.717, 1.165) is 9.87 Å². The first kappa shape index (κ1) is 24.5. The molecule has 0 aliphatic carbocycles. The van der Waals surface area contributed by atoms with Crippen LogP contribution in [0.3, 0.4) is 0 Å². The summed E-state index contributed by atoms with van der Waals surface area (Å²) >= 11 is 6.14. The molecule has 32 heavy (non-hydrogen) atoms. The predicted molar refractivity (Wildman–Crippen MR) is 127 cm³/mol. The lowest BCUT2D eigenvalue weighted by Crippen LogP contribution is -2.40. The minimum absolute atomic E-state index is 0.0822. The van der Waals surface area contributed by atoms with Crippen molar-refractivity contribution in [2.45, 2.75) is 24.2 Å². The summed E-state index contributed by atoms with van der Waals surface area (Å²) in [5.41, 5.74) is 1.66. The number of carbonyl (C=O) groups excluding carboxylic acids is 1. The molecule has 1 N–H and O–H groups in total. The molecule has 1 amide bonds. The van der Waals surface area contributed by atoms with E-state index in [1.807, 2.05) is 43.0 Å². The molecule has 1 heterocycles. The van der Waals surface area contributed by atoms with Crippen LogP contribution in [0.5, 0.6) is 0 Å². The van der Waals surface area contributed by atoms with Crippen molar-refractivity contribution in [3.63, 3.8) is 0 Å². The van der Waals surface area contributed by atoms with Crippen molar-refractivity contribution in [1.82, 2.24) is 9.62 Å². The summed E-state index contributed by atoms with van der Waals surface area (Å²) in [4.78, 5) is 15.4. The summed E-state index contributed by atoms with van der Waals surface area (Å²) in [5, 5.41) is 3.63. The predicted octanol–water partition coefficient (Wildman–Crippen LogP) is 3.13. The number of ether oxygens (including phenoxy) is 1. The first-order chi connectivity index (χ1) is 15.0. The second-order valence-electron chi connectivity index (χ2n) is 8.64. The van der Waals surface area contributed by atoms with Crippen molar-refractivity contribution < 1.29 is 17.9 Å². The van der Waals surface area contributed by atoms with Crippen LogP contribution >= 0.6 is 11.6 Å². The van der Waals surface area contributed by atoms with Crippen LogP contribution < -0.4 is 10.2 Å². The zero-order valence-corrected chi connectivity index (χ0v) is 20.5. The van der Waals surface area contributed by atoms with Gasteiger partial charge in [-0.15, -0.1) is 0 Å². The van der Waals surface area contributed by atoms with Crippen molar-refractivity contribution >= 4 is 33.2 Å². The van der Waals surface area contributed by atoms with Crippen LogP contribution in [0.4, 0.5) is 5.69 Å². The second kappa shape index (κ2) is 9.79. The molecule has 0 saturated carbocycles. The monoisotopic (exact) mass is 479 g/mol. The lowest BCUT2D eigenvalue weighted by Gasteiger charge is -2.31. The van der Waals surface area contributed by atoms with E-state index in [2.05, 4.69) is 5.32 Å². The van der Waals surface area contributed by atoms with E-state index in [1.165, 1.54) is 20.2 Å². The van der Waals surface area contributed by atoms with Crippen LogP contribution in [0.25, 0.3) is 0 Å². The van der Waals surface area contributed by atoms with E-state index < -0.39 is 10.0 Å². The van der Waals surface area contributed by atoms with Crippen molar-refractivity contribution in [3.8, 4) is 0 Å². The highest BCUT2D eigenvalue weighted by molar-refractivity contribution is 7.89. The van der Waals surface area contributed by atoms with Crippen molar-refractivity contribution in [2.24, 2.45) is 0 Å². The van der Waals surface area contributed by atoms with Crippen LogP contribution in [-0.2, 0) is 20.2 Å². The number of benzene rings is 2. The third-order valence-corrected chi connectivity index (χ3v) is 7.69.